The first kappa shape index (κ1) is 20.3. The molecule has 0 unspecified atom stereocenters. The second-order valence-corrected chi connectivity index (χ2v) is 6.25. The summed E-state index contributed by atoms with van der Waals surface area (Å²) in [6.45, 7) is 5.42. The summed E-state index contributed by atoms with van der Waals surface area (Å²) in [5.74, 6) is -2.03. The van der Waals surface area contributed by atoms with Gasteiger partial charge in [-0.05, 0) is 26.3 Å². The maximum atomic E-state index is 12.6. The summed E-state index contributed by atoms with van der Waals surface area (Å²) in [5.41, 5.74) is -0.297. The molecule has 1 aromatic carbocycles. The summed E-state index contributed by atoms with van der Waals surface area (Å²) < 4.78 is 21.2. The van der Waals surface area contributed by atoms with Crippen LogP contribution >= 0.6 is 0 Å². The highest BCUT2D eigenvalue weighted by atomic mass is 16.5. The summed E-state index contributed by atoms with van der Waals surface area (Å²) in [6.07, 6.45) is 1.02. The van der Waals surface area contributed by atoms with Crippen molar-refractivity contribution in [3.8, 4) is 0 Å². The average molecular weight is 400 g/mol. The molecule has 0 amide bonds. The second kappa shape index (κ2) is 8.30. The van der Waals surface area contributed by atoms with Gasteiger partial charge in [0.2, 0.25) is 11.5 Å². The van der Waals surface area contributed by atoms with E-state index in [9.17, 15) is 19.2 Å². The lowest BCUT2D eigenvalue weighted by atomic mass is 10.0. The molecule has 0 spiro atoms. The largest absolute Gasteiger partial charge is 0.460 e. The highest BCUT2D eigenvalue weighted by Gasteiger charge is 2.21. The molecule has 8 heteroatoms. The van der Waals surface area contributed by atoms with Crippen molar-refractivity contribution in [2.24, 2.45) is 0 Å². The van der Waals surface area contributed by atoms with E-state index in [1.165, 1.54) is 6.07 Å². The number of hydrogen-bond acceptors (Lipinski definition) is 8. The van der Waals surface area contributed by atoms with Crippen LogP contribution in [-0.4, -0.2) is 25.2 Å². The van der Waals surface area contributed by atoms with Crippen LogP contribution in [0.25, 0.3) is 21.9 Å². The van der Waals surface area contributed by atoms with Gasteiger partial charge in [0.15, 0.2) is 10.9 Å². The summed E-state index contributed by atoms with van der Waals surface area (Å²) >= 11 is 0. The lowest BCUT2D eigenvalue weighted by Crippen LogP contribution is -2.13. The van der Waals surface area contributed by atoms with E-state index in [2.05, 4.69) is 0 Å². The molecule has 0 N–H and O–H groups in total. The molecule has 152 valence electrons. The van der Waals surface area contributed by atoms with Gasteiger partial charge in [0.05, 0.1) is 24.0 Å². The van der Waals surface area contributed by atoms with Crippen molar-refractivity contribution >= 4 is 33.9 Å². The normalized spacial score (nSPS) is 11.0. The Morgan fingerprint density at radius 2 is 1.24 bits per heavy atom. The highest BCUT2D eigenvalue weighted by molar-refractivity contribution is 5.99. The number of ether oxygens (including phenoxy) is 2. The fourth-order valence-corrected chi connectivity index (χ4v) is 3.06. The Kier molecular flexibility index (Phi) is 5.81. The van der Waals surface area contributed by atoms with Gasteiger partial charge in [-0.3, -0.25) is 9.59 Å². The third kappa shape index (κ3) is 3.78. The van der Waals surface area contributed by atoms with Gasteiger partial charge < -0.3 is 18.3 Å². The minimum absolute atomic E-state index is 0.123. The lowest BCUT2D eigenvalue weighted by molar-refractivity contribution is 0.0482. The molecule has 8 nitrogen and oxygen atoms in total. The molecule has 0 saturated heterocycles. The third-order valence-corrected chi connectivity index (χ3v) is 4.26. The standard InChI is InChI=1S/C21H20O8/c1-4-7-11-18-12(14(22)9-16(28-18)20(24)26-5-2)8-13-15(23)10-17(29-19(11)13)21(25)27-6-3/h8-10H,4-7H2,1-3H3. The fourth-order valence-electron chi connectivity index (χ4n) is 3.06. The first-order valence-corrected chi connectivity index (χ1v) is 9.33. The van der Waals surface area contributed by atoms with E-state index < -0.39 is 22.8 Å². The van der Waals surface area contributed by atoms with Crippen LogP contribution in [0.15, 0.2) is 36.6 Å². The Balaban J connectivity index is 2.40. The summed E-state index contributed by atoms with van der Waals surface area (Å²) in [7, 11) is 0. The van der Waals surface area contributed by atoms with Gasteiger partial charge in [-0.15, -0.1) is 0 Å². The Bertz CT molecular complexity index is 1130. The fraction of sp³-hybridized carbons (Fsp3) is 0.333. The van der Waals surface area contributed by atoms with Gasteiger partial charge in [0, 0.05) is 17.7 Å². The Morgan fingerprint density at radius 3 is 1.62 bits per heavy atom. The molecule has 0 aliphatic heterocycles. The van der Waals surface area contributed by atoms with Crippen molar-refractivity contribution < 1.29 is 27.9 Å². The van der Waals surface area contributed by atoms with Crippen molar-refractivity contribution in [1.82, 2.24) is 0 Å². The molecule has 3 aromatic rings. The van der Waals surface area contributed by atoms with Crippen LogP contribution in [0.4, 0.5) is 0 Å². The van der Waals surface area contributed by atoms with E-state index in [0.717, 1.165) is 12.1 Å². The summed E-state index contributed by atoms with van der Waals surface area (Å²) in [4.78, 5) is 49.3. The van der Waals surface area contributed by atoms with Crippen LogP contribution in [0.5, 0.6) is 0 Å². The number of hydrogen-bond donors (Lipinski definition) is 0. The minimum Gasteiger partial charge on any atom is -0.460 e. The molecule has 0 atom stereocenters. The van der Waals surface area contributed by atoms with Gasteiger partial charge in [0.25, 0.3) is 0 Å². The summed E-state index contributed by atoms with van der Waals surface area (Å²) in [6, 6.07) is 3.43. The maximum absolute atomic E-state index is 12.6. The molecule has 2 heterocycles. The van der Waals surface area contributed by atoms with Crippen LogP contribution in [0.3, 0.4) is 0 Å². The van der Waals surface area contributed by atoms with Crippen LogP contribution in [0.2, 0.25) is 0 Å². The van der Waals surface area contributed by atoms with Crippen LogP contribution < -0.4 is 10.9 Å². The molecule has 3 rings (SSSR count). The van der Waals surface area contributed by atoms with Crippen LogP contribution in [0.1, 0.15) is 53.9 Å². The molecule has 0 bridgehead atoms. The molecule has 0 radical (unpaired) electrons. The molecule has 0 saturated carbocycles. The van der Waals surface area contributed by atoms with E-state index in [1.807, 2.05) is 6.92 Å². The van der Waals surface area contributed by atoms with Crippen molar-refractivity contribution in [3.05, 3.63) is 55.7 Å². The molecule has 2 aromatic heterocycles. The highest BCUT2D eigenvalue weighted by Crippen LogP contribution is 2.28. The van der Waals surface area contributed by atoms with Crippen molar-refractivity contribution in [3.63, 3.8) is 0 Å². The topological polar surface area (TPSA) is 113 Å². The second-order valence-electron chi connectivity index (χ2n) is 6.25. The van der Waals surface area contributed by atoms with Crippen LogP contribution in [-0.2, 0) is 15.9 Å². The average Bonchev–Trinajstić information content (AvgIpc) is 2.69. The SMILES string of the molecule is CCCc1c2oc(C(=O)OCC)cc(=O)c2cc2c(=O)cc(C(=O)OCC)oc12. The van der Waals surface area contributed by atoms with Crippen molar-refractivity contribution in [2.75, 3.05) is 13.2 Å². The monoisotopic (exact) mass is 400 g/mol. The van der Waals surface area contributed by atoms with E-state index in [-0.39, 0.29) is 46.7 Å². The van der Waals surface area contributed by atoms with E-state index in [1.54, 1.807) is 13.8 Å². The van der Waals surface area contributed by atoms with E-state index in [4.69, 9.17) is 18.3 Å². The lowest BCUT2D eigenvalue weighted by Gasteiger charge is -2.10. The zero-order chi connectivity index (χ0) is 21.1. The number of fused-ring (bicyclic) bond motifs is 2. The van der Waals surface area contributed by atoms with Crippen molar-refractivity contribution in [2.45, 2.75) is 33.6 Å². The van der Waals surface area contributed by atoms with Gasteiger partial charge in [-0.2, -0.15) is 0 Å². The Morgan fingerprint density at radius 1 is 0.793 bits per heavy atom. The zero-order valence-electron chi connectivity index (χ0n) is 16.3. The number of esters is 2. The third-order valence-electron chi connectivity index (χ3n) is 4.26. The molecule has 0 fully saturated rings. The first-order chi connectivity index (χ1) is 13.9. The number of carbonyl (C=O) groups is 2. The van der Waals surface area contributed by atoms with Gasteiger partial charge >= 0.3 is 11.9 Å². The molecular formula is C21H20O8. The molecule has 0 aliphatic carbocycles. The van der Waals surface area contributed by atoms with Crippen molar-refractivity contribution in [1.29, 1.82) is 0 Å². The first-order valence-electron chi connectivity index (χ1n) is 9.33. The van der Waals surface area contributed by atoms with Crippen LogP contribution in [0, 0.1) is 0 Å². The van der Waals surface area contributed by atoms with Gasteiger partial charge in [-0.25, -0.2) is 9.59 Å². The number of carbonyl (C=O) groups excluding carboxylic acids is 2. The summed E-state index contributed by atoms with van der Waals surface area (Å²) in [5, 5.41) is 0.287. The minimum atomic E-state index is -0.768. The van der Waals surface area contributed by atoms with Gasteiger partial charge in [-0.1, -0.05) is 13.3 Å². The Hall–Kier alpha value is -3.42. The molecule has 29 heavy (non-hydrogen) atoms. The number of aryl methyl sites for hydroxylation is 1. The van der Waals surface area contributed by atoms with E-state index in [0.29, 0.717) is 18.4 Å². The predicted molar refractivity (Wildman–Crippen MR) is 104 cm³/mol. The number of benzene rings is 1. The predicted octanol–water partition coefficient (Wildman–Crippen LogP) is 3.21. The molecular weight excluding hydrogens is 380 g/mol. The zero-order valence-corrected chi connectivity index (χ0v) is 16.3. The quantitative estimate of drug-likeness (QED) is 0.458. The van der Waals surface area contributed by atoms with E-state index >= 15 is 0 Å². The number of rotatable bonds is 6. The molecule has 0 aliphatic rings. The smallest absolute Gasteiger partial charge is 0.374 e. The maximum Gasteiger partial charge on any atom is 0.374 e. The Labute approximate surface area is 165 Å². The van der Waals surface area contributed by atoms with Gasteiger partial charge in [0.1, 0.15) is 11.2 Å².